The van der Waals surface area contributed by atoms with Crippen molar-refractivity contribution in [2.45, 2.75) is 12.5 Å². The van der Waals surface area contributed by atoms with E-state index < -0.39 is 5.82 Å². The summed E-state index contributed by atoms with van der Waals surface area (Å²) in [6.07, 6.45) is 0.954. The molecule has 1 aromatic rings. The maximum atomic E-state index is 13.3. The van der Waals surface area contributed by atoms with Gasteiger partial charge in [0.2, 0.25) is 0 Å². The molecule has 0 radical (unpaired) electrons. The average molecular weight is 319 g/mol. The second kappa shape index (κ2) is 5.27. The number of carbonyl (C=O) groups is 1. The summed E-state index contributed by atoms with van der Waals surface area (Å²) in [6.45, 7) is 0. The minimum Gasteiger partial charge on any atom is -0.398 e. The van der Waals surface area contributed by atoms with Gasteiger partial charge in [-0.15, -0.1) is 0 Å². The fourth-order valence-electron chi connectivity index (χ4n) is 1.67. The third kappa shape index (κ3) is 2.93. The summed E-state index contributed by atoms with van der Waals surface area (Å²) in [5, 5.41) is 2.86. The summed E-state index contributed by atoms with van der Waals surface area (Å²) in [6, 6.07) is 2.74. The quantitative estimate of drug-likeness (QED) is 0.823. The molecule has 3 N–H and O–H groups in total. The Labute approximate surface area is 111 Å². The first kappa shape index (κ1) is 12.7. The van der Waals surface area contributed by atoms with Crippen LogP contribution in [0.5, 0.6) is 0 Å². The molecule has 0 saturated carbocycles. The molecule has 1 aliphatic heterocycles. The number of halogens is 2. The van der Waals surface area contributed by atoms with Gasteiger partial charge in [0.25, 0.3) is 5.91 Å². The first-order valence-electron chi connectivity index (χ1n) is 5.21. The lowest BCUT2D eigenvalue weighted by Crippen LogP contribution is -2.35. The fourth-order valence-corrected chi connectivity index (χ4v) is 3.18. The normalized spacial score (nSPS) is 19.3. The van der Waals surface area contributed by atoms with E-state index in [1.54, 1.807) is 11.8 Å². The maximum absolute atomic E-state index is 13.3. The number of thioether (sulfide) groups is 1. The molecule has 6 heteroatoms. The highest BCUT2D eigenvalue weighted by Gasteiger charge is 2.20. The summed E-state index contributed by atoms with van der Waals surface area (Å²) >= 11 is 4.83. The maximum Gasteiger partial charge on any atom is 0.253 e. The van der Waals surface area contributed by atoms with Gasteiger partial charge in [-0.2, -0.15) is 11.8 Å². The van der Waals surface area contributed by atoms with Gasteiger partial charge in [-0.1, -0.05) is 0 Å². The molecule has 17 heavy (non-hydrogen) atoms. The zero-order chi connectivity index (χ0) is 12.4. The summed E-state index contributed by atoms with van der Waals surface area (Å²) in [7, 11) is 0. The van der Waals surface area contributed by atoms with Gasteiger partial charge in [0.15, 0.2) is 0 Å². The minimum absolute atomic E-state index is 0.165. The smallest absolute Gasteiger partial charge is 0.253 e. The molecule has 0 aromatic heterocycles. The average Bonchev–Trinajstić information content (AvgIpc) is 2.76. The third-order valence-corrected chi connectivity index (χ3v) is 4.37. The number of hydrogen-bond donors (Lipinski definition) is 2. The summed E-state index contributed by atoms with van der Waals surface area (Å²) in [4.78, 5) is 11.9. The van der Waals surface area contributed by atoms with Crippen molar-refractivity contribution in [3.8, 4) is 0 Å². The van der Waals surface area contributed by atoms with Crippen LogP contribution in [0.1, 0.15) is 16.8 Å². The summed E-state index contributed by atoms with van der Waals surface area (Å²) < 4.78 is 13.6. The SMILES string of the molecule is Nc1cc(Br)c(F)cc1C(=O)NC1CCSC1. The largest absolute Gasteiger partial charge is 0.398 e. The molecular formula is C11H12BrFN2OS. The van der Waals surface area contributed by atoms with E-state index in [9.17, 15) is 9.18 Å². The van der Waals surface area contributed by atoms with Gasteiger partial charge in [-0.3, -0.25) is 4.79 Å². The van der Waals surface area contributed by atoms with Gasteiger partial charge in [-0.05, 0) is 40.2 Å². The minimum atomic E-state index is -0.481. The molecule has 3 nitrogen and oxygen atoms in total. The molecule has 1 atom stereocenters. The molecule has 0 aliphatic carbocycles. The number of hydrogen-bond acceptors (Lipinski definition) is 3. The van der Waals surface area contributed by atoms with Gasteiger partial charge in [0.05, 0.1) is 10.0 Å². The summed E-state index contributed by atoms with van der Waals surface area (Å²) in [5.74, 6) is 1.17. The van der Waals surface area contributed by atoms with Gasteiger partial charge in [0, 0.05) is 17.5 Å². The van der Waals surface area contributed by atoms with Gasteiger partial charge >= 0.3 is 0 Å². The zero-order valence-electron chi connectivity index (χ0n) is 9.00. The molecule has 1 unspecified atom stereocenters. The number of rotatable bonds is 2. The van der Waals surface area contributed by atoms with Crippen molar-refractivity contribution in [2.24, 2.45) is 0 Å². The van der Waals surface area contributed by atoms with Crippen molar-refractivity contribution in [3.63, 3.8) is 0 Å². The molecule has 1 fully saturated rings. The monoisotopic (exact) mass is 318 g/mol. The zero-order valence-corrected chi connectivity index (χ0v) is 11.4. The van der Waals surface area contributed by atoms with Crippen molar-refractivity contribution in [1.29, 1.82) is 0 Å². The van der Waals surface area contributed by atoms with E-state index in [-0.39, 0.29) is 27.7 Å². The standard InChI is InChI=1S/C11H12BrFN2OS/c12-8-4-10(14)7(3-9(8)13)11(16)15-6-1-2-17-5-6/h3-4,6H,1-2,5,14H2,(H,15,16). The van der Waals surface area contributed by atoms with Crippen LogP contribution in [0.15, 0.2) is 16.6 Å². The molecule has 1 aliphatic rings. The first-order chi connectivity index (χ1) is 8.08. The van der Waals surface area contributed by atoms with Crippen molar-refractivity contribution in [2.75, 3.05) is 17.2 Å². The summed E-state index contributed by atoms with van der Waals surface area (Å²) in [5.41, 5.74) is 6.18. The lowest BCUT2D eigenvalue weighted by atomic mass is 10.1. The second-order valence-corrected chi connectivity index (χ2v) is 5.89. The van der Waals surface area contributed by atoms with Gasteiger partial charge < -0.3 is 11.1 Å². The fraction of sp³-hybridized carbons (Fsp3) is 0.364. The molecule has 1 saturated heterocycles. The van der Waals surface area contributed by atoms with E-state index in [0.29, 0.717) is 0 Å². The van der Waals surface area contributed by atoms with Crippen LogP contribution in [0.2, 0.25) is 0 Å². The van der Waals surface area contributed by atoms with Crippen LogP contribution in [-0.4, -0.2) is 23.5 Å². The molecular weight excluding hydrogens is 307 g/mol. The highest BCUT2D eigenvalue weighted by atomic mass is 79.9. The van der Waals surface area contributed by atoms with Crippen molar-refractivity contribution < 1.29 is 9.18 Å². The number of nitrogens with one attached hydrogen (secondary N) is 1. The highest BCUT2D eigenvalue weighted by molar-refractivity contribution is 9.10. The number of carbonyl (C=O) groups excluding carboxylic acids is 1. The van der Waals surface area contributed by atoms with Crippen molar-refractivity contribution in [1.82, 2.24) is 5.32 Å². The van der Waals surface area contributed by atoms with Gasteiger partial charge in [-0.25, -0.2) is 4.39 Å². The molecule has 1 aromatic carbocycles. The number of anilines is 1. The number of amides is 1. The van der Waals surface area contributed by atoms with Crippen LogP contribution >= 0.6 is 27.7 Å². The van der Waals surface area contributed by atoms with E-state index in [2.05, 4.69) is 21.2 Å². The predicted molar refractivity (Wildman–Crippen MR) is 71.7 cm³/mol. The van der Waals surface area contributed by atoms with Crippen molar-refractivity contribution in [3.05, 3.63) is 28.0 Å². The molecule has 0 spiro atoms. The molecule has 1 amide bonds. The van der Waals surface area contributed by atoms with E-state index >= 15 is 0 Å². The molecule has 1 heterocycles. The second-order valence-electron chi connectivity index (χ2n) is 3.89. The van der Waals surface area contributed by atoms with Crippen LogP contribution in [0.4, 0.5) is 10.1 Å². The Bertz CT molecular complexity index is 449. The third-order valence-electron chi connectivity index (χ3n) is 2.60. The topological polar surface area (TPSA) is 55.1 Å². The van der Waals surface area contributed by atoms with E-state index in [1.165, 1.54) is 6.07 Å². The van der Waals surface area contributed by atoms with Gasteiger partial charge in [0.1, 0.15) is 5.82 Å². The molecule has 92 valence electrons. The van der Waals surface area contributed by atoms with E-state index in [0.717, 1.165) is 24.0 Å². The van der Waals surface area contributed by atoms with E-state index in [1.807, 2.05) is 0 Å². The van der Waals surface area contributed by atoms with Crippen LogP contribution in [0.25, 0.3) is 0 Å². The molecule has 2 rings (SSSR count). The van der Waals surface area contributed by atoms with E-state index in [4.69, 9.17) is 5.73 Å². The number of nitrogens with two attached hydrogens (primary N) is 1. The number of benzene rings is 1. The molecule has 0 bridgehead atoms. The first-order valence-corrected chi connectivity index (χ1v) is 7.16. The lowest BCUT2D eigenvalue weighted by molar-refractivity contribution is 0.0941. The Morgan fingerprint density at radius 3 is 3.00 bits per heavy atom. The highest BCUT2D eigenvalue weighted by Crippen LogP contribution is 2.23. The Balaban J connectivity index is 2.15. The Hall–Kier alpha value is -0.750. The predicted octanol–water partition coefficient (Wildman–Crippen LogP) is 2.41. The van der Waals surface area contributed by atoms with Crippen LogP contribution < -0.4 is 11.1 Å². The van der Waals surface area contributed by atoms with Crippen LogP contribution in [-0.2, 0) is 0 Å². The lowest BCUT2D eigenvalue weighted by Gasteiger charge is -2.13. The Morgan fingerprint density at radius 2 is 2.35 bits per heavy atom. The number of nitrogen functional groups attached to an aromatic ring is 1. The Morgan fingerprint density at radius 1 is 1.59 bits per heavy atom. The van der Waals surface area contributed by atoms with Crippen LogP contribution in [0.3, 0.4) is 0 Å². The van der Waals surface area contributed by atoms with Crippen LogP contribution in [0, 0.1) is 5.82 Å². The van der Waals surface area contributed by atoms with Crippen molar-refractivity contribution >= 4 is 39.3 Å². The Kier molecular flexibility index (Phi) is 3.93.